The number of piperazine rings is 2. The molecule has 8 heterocycles. The number of likely N-dealkylation sites (N-methyl/N-ethyl adjacent to an activating group) is 2. The number of aromatic nitrogens is 8. The normalized spacial score (nSPS) is 14.6. The number of imidazole rings is 2. The third-order valence-electron chi connectivity index (χ3n) is 13.8. The first-order valence-electron chi connectivity index (χ1n) is 25.1. The van der Waals surface area contributed by atoms with E-state index in [0.29, 0.717) is 58.4 Å². The van der Waals surface area contributed by atoms with Crippen LogP contribution in [0, 0.1) is 30.2 Å². The molecule has 2 aromatic carbocycles. The number of pyridine rings is 2. The zero-order chi connectivity index (χ0) is 52.7. The van der Waals surface area contributed by atoms with Crippen LogP contribution in [0.1, 0.15) is 55.9 Å². The molecule has 2 aliphatic heterocycles. The van der Waals surface area contributed by atoms with Crippen LogP contribution in [0.3, 0.4) is 0 Å². The van der Waals surface area contributed by atoms with Crippen molar-refractivity contribution in [1.82, 2.24) is 48.5 Å². The average molecular weight is 1030 g/mol. The van der Waals surface area contributed by atoms with Gasteiger partial charge in [0.15, 0.2) is 34.6 Å². The minimum atomic E-state index is -0.735. The van der Waals surface area contributed by atoms with Gasteiger partial charge in [-0.2, -0.15) is 0 Å². The van der Waals surface area contributed by atoms with Gasteiger partial charge in [0.2, 0.25) is 11.9 Å². The Labute approximate surface area is 432 Å². The zero-order valence-electron chi connectivity index (χ0n) is 43.2. The SMILES string of the molecule is C=C(C)c1c(CCCOc2cc(N3CCN(C)CC3)ccc2Nc2ncc(F)c(-c3cc(F)c4nc(C)c(C(C)C)n4c3)n2)nc2c(F)cc(-c3nc(Nc4ccc(N5CCN(C)CC5)cc4OC)ncc3F)cn12. The van der Waals surface area contributed by atoms with Crippen LogP contribution < -0.4 is 29.9 Å². The van der Waals surface area contributed by atoms with Crippen molar-refractivity contribution in [3.05, 3.63) is 126 Å². The van der Waals surface area contributed by atoms with Gasteiger partial charge < -0.3 is 44.1 Å². The summed E-state index contributed by atoms with van der Waals surface area (Å²) in [5, 5.41) is 6.39. The number of fused-ring (bicyclic) bond motifs is 2. The first-order chi connectivity index (χ1) is 36.1. The van der Waals surface area contributed by atoms with Crippen LogP contribution in [0.4, 0.5) is 52.2 Å². The highest BCUT2D eigenvalue weighted by Crippen LogP contribution is 2.36. The van der Waals surface area contributed by atoms with E-state index < -0.39 is 23.3 Å². The van der Waals surface area contributed by atoms with Gasteiger partial charge in [-0.15, -0.1) is 0 Å². The van der Waals surface area contributed by atoms with Gasteiger partial charge in [-0.25, -0.2) is 47.5 Å². The van der Waals surface area contributed by atoms with Gasteiger partial charge in [0.1, 0.15) is 22.9 Å². The summed E-state index contributed by atoms with van der Waals surface area (Å²) in [5.74, 6) is -1.45. The molecule has 8 aromatic rings. The van der Waals surface area contributed by atoms with Crippen molar-refractivity contribution in [1.29, 1.82) is 0 Å². The Kier molecular flexibility index (Phi) is 14.3. The molecule has 20 heteroatoms. The van der Waals surface area contributed by atoms with Gasteiger partial charge in [0.25, 0.3) is 0 Å². The number of methoxy groups -OCH3 is 1. The van der Waals surface area contributed by atoms with Crippen LogP contribution in [-0.2, 0) is 6.42 Å². The minimum Gasteiger partial charge on any atom is -0.494 e. The quantitative estimate of drug-likeness (QED) is 0.0701. The number of nitrogens with one attached hydrogen (secondary N) is 2. The van der Waals surface area contributed by atoms with E-state index in [9.17, 15) is 0 Å². The fourth-order valence-corrected chi connectivity index (χ4v) is 9.93. The molecule has 2 aliphatic rings. The molecule has 0 aliphatic carbocycles. The van der Waals surface area contributed by atoms with Crippen LogP contribution in [0.5, 0.6) is 11.5 Å². The smallest absolute Gasteiger partial charge is 0.228 e. The topological polar surface area (TPSA) is 142 Å². The van der Waals surface area contributed by atoms with Gasteiger partial charge in [-0.05, 0) is 88.7 Å². The highest BCUT2D eigenvalue weighted by Gasteiger charge is 2.24. The maximum atomic E-state index is 16.2. The number of allylic oxidation sites excluding steroid dienone is 1. The average Bonchev–Trinajstić information content (AvgIpc) is 3.96. The first kappa shape index (κ1) is 50.7. The van der Waals surface area contributed by atoms with Crippen LogP contribution in [0.25, 0.3) is 39.4 Å². The van der Waals surface area contributed by atoms with Crippen molar-refractivity contribution in [3.8, 4) is 34.0 Å². The highest BCUT2D eigenvalue weighted by molar-refractivity contribution is 5.73. The van der Waals surface area contributed by atoms with E-state index in [1.54, 1.807) is 28.3 Å². The Hall–Kier alpha value is -7.84. The summed E-state index contributed by atoms with van der Waals surface area (Å²) in [5.41, 5.74) is 6.81. The third kappa shape index (κ3) is 10.5. The van der Waals surface area contributed by atoms with Crippen molar-refractivity contribution in [2.24, 2.45) is 0 Å². The lowest BCUT2D eigenvalue weighted by Gasteiger charge is -2.34. The molecule has 10 rings (SSSR count). The molecule has 0 spiro atoms. The molecule has 75 heavy (non-hydrogen) atoms. The monoisotopic (exact) mass is 1020 g/mol. The first-order valence-corrected chi connectivity index (χ1v) is 25.1. The van der Waals surface area contributed by atoms with Crippen LogP contribution in [0.2, 0.25) is 0 Å². The Balaban J connectivity index is 0.885. The van der Waals surface area contributed by atoms with Crippen molar-refractivity contribution >= 4 is 51.5 Å². The van der Waals surface area contributed by atoms with Crippen molar-refractivity contribution in [3.63, 3.8) is 0 Å². The summed E-state index contributed by atoms with van der Waals surface area (Å²) >= 11 is 0. The van der Waals surface area contributed by atoms with E-state index in [1.807, 2.05) is 64.1 Å². The predicted molar refractivity (Wildman–Crippen MR) is 285 cm³/mol. The van der Waals surface area contributed by atoms with Gasteiger partial charge in [-0.1, -0.05) is 20.4 Å². The molecule has 390 valence electrons. The minimum absolute atomic E-state index is 0.0351. The van der Waals surface area contributed by atoms with Crippen molar-refractivity contribution < 1.29 is 27.0 Å². The van der Waals surface area contributed by atoms with Crippen molar-refractivity contribution in [2.75, 3.05) is 101 Å². The fraction of sp³-hybridized carbons (Fsp3) is 0.345. The Morgan fingerprint density at radius 2 is 1.17 bits per heavy atom. The van der Waals surface area contributed by atoms with E-state index >= 15 is 17.6 Å². The molecular formula is C55H60F4N14O2. The Bertz CT molecular complexity index is 3440. The van der Waals surface area contributed by atoms with E-state index in [-0.39, 0.29) is 58.2 Å². The predicted octanol–water partition coefficient (Wildman–Crippen LogP) is 9.93. The molecule has 0 radical (unpaired) electrons. The summed E-state index contributed by atoms with van der Waals surface area (Å²) in [6.07, 6.45) is 6.21. The van der Waals surface area contributed by atoms with Gasteiger partial charge in [0.05, 0.1) is 54.6 Å². The maximum Gasteiger partial charge on any atom is 0.228 e. The van der Waals surface area contributed by atoms with Gasteiger partial charge in [0, 0.05) is 105 Å². The number of rotatable bonds is 16. The van der Waals surface area contributed by atoms with Crippen molar-refractivity contribution in [2.45, 2.75) is 46.5 Å². The lowest BCUT2D eigenvalue weighted by molar-refractivity contribution is 0.308. The lowest BCUT2D eigenvalue weighted by atomic mass is 10.1. The highest BCUT2D eigenvalue weighted by atomic mass is 19.1. The Morgan fingerprint density at radius 1 is 0.667 bits per heavy atom. The summed E-state index contributed by atoms with van der Waals surface area (Å²) in [4.78, 5) is 35.8. The molecule has 0 amide bonds. The molecule has 0 saturated carbocycles. The molecule has 2 fully saturated rings. The lowest BCUT2D eigenvalue weighted by Crippen LogP contribution is -2.44. The van der Waals surface area contributed by atoms with Crippen LogP contribution in [-0.4, -0.2) is 129 Å². The third-order valence-corrected chi connectivity index (χ3v) is 13.8. The van der Waals surface area contributed by atoms with E-state index in [2.05, 4.69) is 75.8 Å². The molecule has 0 unspecified atom stereocenters. The summed E-state index contributed by atoms with van der Waals surface area (Å²) in [7, 11) is 5.78. The molecular weight excluding hydrogens is 965 g/mol. The summed E-state index contributed by atoms with van der Waals surface area (Å²) in [6, 6.07) is 14.1. The number of hydrogen-bond donors (Lipinski definition) is 2. The summed E-state index contributed by atoms with van der Waals surface area (Å²) in [6.45, 7) is 19.2. The standard InChI is InChI=1S/C55H60F4N14O2/c1-32(2)50-34(5)62-52-39(56)24-35(30-72(50)52)48-41(58)29-61-55(67-48)65-44-14-12-38(71-21-17-69(7)18-22-71)27-47(44)75-23-9-10-45-51(33(3)4)73-31-36(25-40(57)53(73)63-45)49-42(59)28-60-54(66-49)64-43-13-11-37(26-46(43)74-8)70-19-15-68(6)16-20-70/h11-14,24-32H,3,9-10,15-23H2,1-2,4-8H3,(H,60,64,66)(H,61,65,67). The molecule has 0 atom stereocenters. The number of halogens is 4. The number of nitrogens with zero attached hydrogens (tertiary/aromatic N) is 12. The van der Waals surface area contributed by atoms with Crippen LogP contribution in [0.15, 0.2) is 79.9 Å². The van der Waals surface area contributed by atoms with E-state index in [1.165, 1.54) is 12.1 Å². The maximum absolute atomic E-state index is 16.2. The molecule has 2 saturated heterocycles. The molecule has 16 nitrogen and oxygen atoms in total. The summed E-state index contributed by atoms with van der Waals surface area (Å²) < 4.78 is 78.4. The second kappa shape index (κ2) is 21.2. The second-order valence-electron chi connectivity index (χ2n) is 19.6. The second-order valence-corrected chi connectivity index (χ2v) is 19.6. The fourth-order valence-electron chi connectivity index (χ4n) is 9.93. The molecule has 2 N–H and O–H groups in total. The Morgan fingerprint density at radius 3 is 1.69 bits per heavy atom. The zero-order valence-corrected chi connectivity index (χ0v) is 43.2. The number of ether oxygens (including phenoxy) is 2. The number of aryl methyl sites for hydroxylation is 2. The van der Waals surface area contributed by atoms with Gasteiger partial charge >= 0.3 is 0 Å². The number of hydrogen-bond acceptors (Lipinski definition) is 14. The van der Waals surface area contributed by atoms with E-state index in [0.717, 1.165) is 81.8 Å². The number of anilines is 6. The molecule has 0 bridgehead atoms. The number of benzene rings is 2. The van der Waals surface area contributed by atoms with E-state index in [4.69, 9.17) is 14.5 Å². The largest absolute Gasteiger partial charge is 0.494 e. The molecule has 6 aromatic heterocycles. The van der Waals surface area contributed by atoms with Crippen LogP contribution >= 0.6 is 0 Å². The van der Waals surface area contributed by atoms with Gasteiger partial charge in [-0.3, -0.25) is 4.40 Å².